The van der Waals surface area contributed by atoms with Crippen LogP contribution in [0.3, 0.4) is 0 Å². The van der Waals surface area contributed by atoms with Crippen LogP contribution in [0.5, 0.6) is 0 Å². The number of nitrogens with zero attached hydrogens (tertiary/aromatic N) is 4. The second-order valence-corrected chi connectivity index (χ2v) is 8.99. The lowest BCUT2D eigenvalue weighted by Crippen LogP contribution is -2.24. The van der Waals surface area contributed by atoms with E-state index in [1.165, 1.54) is 18.1 Å². The van der Waals surface area contributed by atoms with Crippen LogP contribution < -0.4 is 10.2 Å². The lowest BCUT2D eigenvalue weighted by atomic mass is 10.2. The zero-order valence-corrected chi connectivity index (χ0v) is 19.1. The van der Waals surface area contributed by atoms with Crippen LogP contribution in [0.2, 0.25) is 5.02 Å². The minimum Gasteiger partial charge on any atom is -0.348 e. The molecule has 1 N–H and O–H groups in total. The second kappa shape index (κ2) is 10.2. The Hall–Kier alpha value is -1.90. The van der Waals surface area contributed by atoms with Gasteiger partial charge in [0, 0.05) is 23.8 Å². The first-order valence-electron chi connectivity index (χ1n) is 9.57. The van der Waals surface area contributed by atoms with E-state index in [0.29, 0.717) is 10.7 Å². The number of thiazole rings is 1. The molecule has 0 atom stereocenters. The highest BCUT2D eigenvalue weighted by Gasteiger charge is 2.16. The van der Waals surface area contributed by atoms with Gasteiger partial charge in [-0.25, -0.2) is 9.97 Å². The van der Waals surface area contributed by atoms with Gasteiger partial charge in [-0.1, -0.05) is 54.6 Å². The molecule has 29 heavy (non-hydrogen) atoms. The fourth-order valence-electron chi connectivity index (χ4n) is 2.85. The van der Waals surface area contributed by atoms with Gasteiger partial charge < -0.3 is 10.2 Å². The van der Waals surface area contributed by atoms with Crippen LogP contribution in [0.25, 0.3) is 10.3 Å². The molecule has 0 unspecified atom stereocenters. The number of amides is 1. The van der Waals surface area contributed by atoms with Gasteiger partial charge in [-0.2, -0.15) is 4.98 Å². The van der Waals surface area contributed by atoms with Crippen LogP contribution >= 0.6 is 34.7 Å². The van der Waals surface area contributed by atoms with Crippen molar-refractivity contribution in [2.45, 2.75) is 38.6 Å². The molecule has 0 aliphatic carbocycles. The number of halogens is 1. The number of aryl methyl sites for hydroxylation is 1. The molecule has 2 heterocycles. The molecule has 1 amide bonds. The topological polar surface area (TPSA) is 71.0 Å². The Morgan fingerprint density at radius 2 is 2.00 bits per heavy atom. The molecule has 0 saturated heterocycles. The number of benzene rings is 1. The number of aromatic nitrogens is 3. The number of rotatable bonds is 9. The summed E-state index contributed by atoms with van der Waals surface area (Å²) < 4.78 is 0.927. The molecular formula is C20H24ClN5OS2. The number of anilines is 2. The third kappa shape index (κ3) is 5.58. The molecule has 0 aliphatic rings. The maximum atomic E-state index is 12.4. The number of carbonyl (C=O) groups excluding carboxylic acids is 1. The van der Waals surface area contributed by atoms with Crippen LogP contribution in [0, 0.1) is 6.92 Å². The zero-order valence-electron chi connectivity index (χ0n) is 16.7. The van der Waals surface area contributed by atoms with Crippen LogP contribution in [-0.4, -0.2) is 39.7 Å². The van der Waals surface area contributed by atoms with Crippen molar-refractivity contribution in [2.75, 3.05) is 29.1 Å². The molecule has 3 rings (SSSR count). The van der Waals surface area contributed by atoms with Crippen molar-refractivity contribution in [3.05, 3.63) is 35.1 Å². The molecule has 2 aromatic heterocycles. The summed E-state index contributed by atoms with van der Waals surface area (Å²) in [5.41, 5.74) is 2.38. The Bertz CT molecular complexity index is 988. The Kier molecular flexibility index (Phi) is 7.69. The normalized spacial score (nSPS) is 11.0. The average molecular weight is 450 g/mol. The third-order valence-electron chi connectivity index (χ3n) is 4.22. The first-order valence-corrected chi connectivity index (χ1v) is 11.7. The smallest absolute Gasteiger partial charge is 0.234 e. The van der Waals surface area contributed by atoms with Crippen molar-refractivity contribution in [3.8, 4) is 0 Å². The van der Waals surface area contributed by atoms with Crippen LogP contribution in [0.4, 0.5) is 10.8 Å². The highest BCUT2D eigenvalue weighted by molar-refractivity contribution is 8.00. The molecule has 154 valence electrons. The van der Waals surface area contributed by atoms with Gasteiger partial charge in [0.2, 0.25) is 5.91 Å². The summed E-state index contributed by atoms with van der Waals surface area (Å²) >= 11 is 9.01. The quantitative estimate of drug-likeness (QED) is 0.348. The van der Waals surface area contributed by atoms with Crippen LogP contribution in [-0.2, 0) is 4.79 Å². The lowest BCUT2D eigenvalue weighted by Gasteiger charge is -2.19. The summed E-state index contributed by atoms with van der Waals surface area (Å²) in [7, 11) is 0. The molecule has 0 spiro atoms. The third-order valence-corrected chi connectivity index (χ3v) is 6.68. The van der Waals surface area contributed by atoms with Gasteiger partial charge in [0.05, 0.1) is 5.75 Å². The fourth-order valence-corrected chi connectivity index (χ4v) is 4.97. The van der Waals surface area contributed by atoms with E-state index >= 15 is 0 Å². The highest BCUT2D eigenvalue weighted by atomic mass is 35.5. The summed E-state index contributed by atoms with van der Waals surface area (Å²) in [6.45, 7) is 8.19. The first kappa shape index (κ1) is 21.8. The Labute approximate surface area is 184 Å². The largest absolute Gasteiger partial charge is 0.348 e. The van der Waals surface area contributed by atoms with Gasteiger partial charge in [0.1, 0.15) is 16.1 Å². The predicted octanol–water partition coefficient (Wildman–Crippen LogP) is 5.41. The van der Waals surface area contributed by atoms with Crippen LogP contribution in [0.15, 0.2) is 29.6 Å². The molecule has 0 aliphatic heterocycles. The molecule has 0 fully saturated rings. The monoisotopic (exact) mass is 449 g/mol. The summed E-state index contributed by atoms with van der Waals surface area (Å²) in [4.78, 5) is 28.1. The highest BCUT2D eigenvalue weighted by Crippen LogP contribution is 2.34. The average Bonchev–Trinajstić information content (AvgIpc) is 3.14. The SMILES string of the molecule is CCCN(CCC)c1nc2ncnc(SCC(=O)Nc3cc(Cl)ccc3C)c2s1. The van der Waals surface area contributed by atoms with E-state index in [-0.39, 0.29) is 11.7 Å². The fraction of sp³-hybridized carbons (Fsp3) is 0.400. The number of fused-ring (bicyclic) bond motifs is 1. The molecule has 1 aromatic carbocycles. The Morgan fingerprint density at radius 3 is 2.72 bits per heavy atom. The summed E-state index contributed by atoms with van der Waals surface area (Å²) in [6, 6.07) is 5.45. The Balaban J connectivity index is 1.72. The molecule has 0 radical (unpaired) electrons. The maximum Gasteiger partial charge on any atom is 0.234 e. The van der Waals surface area contributed by atoms with Crippen molar-refractivity contribution >= 4 is 61.8 Å². The van der Waals surface area contributed by atoms with Gasteiger partial charge in [-0.15, -0.1) is 0 Å². The number of carbonyl (C=O) groups is 1. The molecular weight excluding hydrogens is 426 g/mol. The van der Waals surface area contributed by atoms with E-state index in [1.807, 2.05) is 13.0 Å². The van der Waals surface area contributed by atoms with E-state index in [9.17, 15) is 4.79 Å². The predicted molar refractivity (Wildman–Crippen MR) is 124 cm³/mol. The van der Waals surface area contributed by atoms with E-state index < -0.39 is 0 Å². The van der Waals surface area contributed by atoms with E-state index in [0.717, 1.165) is 52.0 Å². The first-order chi connectivity index (χ1) is 14.0. The van der Waals surface area contributed by atoms with Gasteiger partial charge in [0.25, 0.3) is 0 Å². The second-order valence-electron chi connectivity index (χ2n) is 6.61. The molecule has 6 nitrogen and oxygen atoms in total. The number of thioether (sulfide) groups is 1. The molecule has 0 saturated carbocycles. The van der Waals surface area contributed by atoms with E-state index in [2.05, 4.69) is 34.0 Å². The number of hydrogen-bond donors (Lipinski definition) is 1. The van der Waals surface area contributed by atoms with Crippen LogP contribution in [0.1, 0.15) is 32.3 Å². The summed E-state index contributed by atoms with van der Waals surface area (Å²) in [6.07, 6.45) is 3.63. The molecule has 3 aromatic rings. The number of hydrogen-bond acceptors (Lipinski definition) is 7. The van der Waals surface area contributed by atoms with Crippen molar-refractivity contribution in [3.63, 3.8) is 0 Å². The molecule has 9 heteroatoms. The zero-order chi connectivity index (χ0) is 20.8. The number of nitrogens with one attached hydrogen (secondary N) is 1. The summed E-state index contributed by atoms with van der Waals surface area (Å²) in [5, 5.41) is 5.26. The maximum absolute atomic E-state index is 12.4. The van der Waals surface area contributed by atoms with E-state index in [1.54, 1.807) is 23.5 Å². The minimum atomic E-state index is -0.101. The lowest BCUT2D eigenvalue weighted by molar-refractivity contribution is -0.113. The Morgan fingerprint density at radius 1 is 1.24 bits per heavy atom. The van der Waals surface area contributed by atoms with Gasteiger partial charge in [0.15, 0.2) is 10.8 Å². The van der Waals surface area contributed by atoms with Gasteiger partial charge >= 0.3 is 0 Å². The van der Waals surface area contributed by atoms with Crippen molar-refractivity contribution in [2.24, 2.45) is 0 Å². The van der Waals surface area contributed by atoms with Crippen molar-refractivity contribution < 1.29 is 4.79 Å². The van der Waals surface area contributed by atoms with E-state index in [4.69, 9.17) is 16.6 Å². The van der Waals surface area contributed by atoms with Gasteiger partial charge in [-0.3, -0.25) is 4.79 Å². The minimum absolute atomic E-state index is 0.101. The summed E-state index contributed by atoms with van der Waals surface area (Å²) in [5.74, 6) is 0.148. The molecule has 0 bridgehead atoms. The van der Waals surface area contributed by atoms with Crippen molar-refractivity contribution in [1.29, 1.82) is 0 Å². The van der Waals surface area contributed by atoms with Crippen molar-refractivity contribution in [1.82, 2.24) is 15.0 Å². The standard InChI is InChI=1S/C20H24ClN5OS2/c1-4-8-26(9-5-2)20-25-18-17(29-20)19(23-12-22-18)28-11-16(27)24-15-10-14(21)7-6-13(15)3/h6-7,10,12H,4-5,8-9,11H2,1-3H3,(H,24,27). The van der Waals surface area contributed by atoms with Gasteiger partial charge in [-0.05, 0) is 37.5 Å².